The van der Waals surface area contributed by atoms with Crippen LogP contribution in [0, 0.1) is 17.0 Å². The van der Waals surface area contributed by atoms with Gasteiger partial charge in [-0.15, -0.1) is 0 Å². The number of nitro groups is 1. The van der Waals surface area contributed by atoms with Gasteiger partial charge < -0.3 is 9.84 Å². The van der Waals surface area contributed by atoms with Crippen LogP contribution >= 0.6 is 11.3 Å². The van der Waals surface area contributed by atoms with E-state index in [1.165, 1.54) is 47.6 Å². The van der Waals surface area contributed by atoms with Gasteiger partial charge in [-0.1, -0.05) is 17.4 Å². The second kappa shape index (κ2) is 8.90. The number of hydrogen-bond donors (Lipinski definition) is 1. The molecule has 1 aromatic heterocycles. The molecule has 2 heterocycles. The van der Waals surface area contributed by atoms with E-state index >= 15 is 0 Å². The molecule has 1 amide bonds. The van der Waals surface area contributed by atoms with Crippen molar-refractivity contribution >= 4 is 49.8 Å². The number of methoxy groups -OCH3 is 1. The summed E-state index contributed by atoms with van der Waals surface area (Å²) in [4.78, 5) is 43.1. The van der Waals surface area contributed by atoms with E-state index in [-0.39, 0.29) is 22.2 Å². The summed E-state index contributed by atoms with van der Waals surface area (Å²) in [6.07, 6.45) is 0. The molecule has 1 fully saturated rings. The van der Waals surface area contributed by atoms with E-state index in [0.717, 1.165) is 10.3 Å². The van der Waals surface area contributed by atoms with Gasteiger partial charge in [0.05, 0.1) is 33.9 Å². The number of Topliss-reactive ketones (excluding diaryl/α,β-unsaturated/α-hetero) is 1. The Morgan fingerprint density at radius 1 is 1.08 bits per heavy atom. The van der Waals surface area contributed by atoms with Gasteiger partial charge >= 0.3 is 5.91 Å². The zero-order chi connectivity index (χ0) is 25.6. The SMILES string of the molecule is COc1ccc(/C(O)=C2\C(=O)C(=O)N(c3nc4ccc(C)cc4s3)C2c2ccc([N+](=O)[O-])cc2)cc1. The van der Waals surface area contributed by atoms with E-state index in [1.54, 1.807) is 24.3 Å². The first-order valence-corrected chi connectivity index (χ1v) is 11.7. The quantitative estimate of drug-likeness (QED) is 0.132. The predicted octanol–water partition coefficient (Wildman–Crippen LogP) is 5.15. The lowest BCUT2D eigenvalue weighted by Gasteiger charge is -2.22. The van der Waals surface area contributed by atoms with E-state index in [0.29, 0.717) is 22.4 Å². The lowest BCUT2D eigenvalue weighted by molar-refractivity contribution is -0.384. The Balaban J connectivity index is 1.70. The zero-order valence-corrected chi connectivity index (χ0v) is 20.0. The van der Waals surface area contributed by atoms with Crippen molar-refractivity contribution in [2.24, 2.45) is 0 Å². The number of rotatable bonds is 5. The highest BCUT2D eigenvalue weighted by molar-refractivity contribution is 7.22. The molecule has 4 aromatic rings. The second-order valence-electron chi connectivity index (χ2n) is 8.21. The maximum Gasteiger partial charge on any atom is 0.301 e. The van der Waals surface area contributed by atoms with Crippen molar-refractivity contribution in [3.63, 3.8) is 0 Å². The van der Waals surface area contributed by atoms with Gasteiger partial charge in [-0.2, -0.15) is 0 Å². The van der Waals surface area contributed by atoms with Gasteiger partial charge in [0.15, 0.2) is 5.13 Å². The lowest BCUT2D eigenvalue weighted by Crippen LogP contribution is -2.29. The minimum Gasteiger partial charge on any atom is -0.507 e. The van der Waals surface area contributed by atoms with E-state index in [9.17, 15) is 24.8 Å². The minimum absolute atomic E-state index is 0.130. The Morgan fingerprint density at radius 2 is 1.78 bits per heavy atom. The zero-order valence-electron chi connectivity index (χ0n) is 19.2. The van der Waals surface area contributed by atoms with Crippen LogP contribution in [0.4, 0.5) is 10.8 Å². The Hall–Kier alpha value is -4.57. The average Bonchev–Trinajstić information content (AvgIpc) is 3.41. The Morgan fingerprint density at radius 3 is 2.42 bits per heavy atom. The fourth-order valence-electron chi connectivity index (χ4n) is 4.15. The predicted molar refractivity (Wildman–Crippen MR) is 135 cm³/mol. The molecule has 1 aliphatic rings. The minimum atomic E-state index is -1.03. The van der Waals surface area contributed by atoms with Crippen molar-refractivity contribution in [3.05, 3.63) is 99.1 Å². The molecular weight excluding hydrogens is 482 g/mol. The number of nitrogens with zero attached hydrogens (tertiary/aromatic N) is 3. The molecule has 36 heavy (non-hydrogen) atoms. The number of anilines is 1. The summed E-state index contributed by atoms with van der Waals surface area (Å²) in [5, 5.41) is 22.7. The third-order valence-corrected chi connectivity index (χ3v) is 6.98. The molecule has 0 saturated carbocycles. The first kappa shape index (κ1) is 23.2. The van der Waals surface area contributed by atoms with Gasteiger partial charge in [0, 0.05) is 17.7 Å². The maximum atomic E-state index is 13.3. The number of aryl methyl sites for hydroxylation is 1. The van der Waals surface area contributed by atoms with Crippen molar-refractivity contribution in [1.29, 1.82) is 0 Å². The van der Waals surface area contributed by atoms with Crippen LogP contribution in [0.15, 0.2) is 72.3 Å². The van der Waals surface area contributed by atoms with Crippen LogP contribution in [0.5, 0.6) is 5.75 Å². The van der Waals surface area contributed by atoms with Crippen molar-refractivity contribution in [2.75, 3.05) is 12.0 Å². The van der Waals surface area contributed by atoms with Gasteiger partial charge in [0.1, 0.15) is 11.5 Å². The first-order valence-electron chi connectivity index (χ1n) is 10.9. The van der Waals surface area contributed by atoms with Crippen LogP contribution < -0.4 is 9.64 Å². The van der Waals surface area contributed by atoms with Crippen molar-refractivity contribution in [3.8, 4) is 5.75 Å². The molecular formula is C26H19N3O6S. The van der Waals surface area contributed by atoms with Crippen LogP contribution in [0.25, 0.3) is 16.0 Å². The van der Waals surface area contributed by atoms with E-state index < -0.39 is 22.7 Å². The molecule has 1 N–H and O–H groups in total. The van der Waals surface area contributed by atoms with E-state index in [4.69, 9.17) is 4.74 Å². The standard InChI is InChI=1S/C26H19N3O6S/c1-14-3-12-19-20(13-14)36-26(27-19)28-22(15-4-8-17(9-5-15)29(33)34)21(24(31)25(28)32)23(30)16-6-10-18(35-2)11-7-16/h3-13,22,30H,1-2H3/b23-21+. The Labute approximate surface area is 209 Å². The molecule has 180 valence electrons. The number of benzene rings is 3. The monoisotopic (exact) mass is 501 g/mol. The number of carbonyl (C=O) groups excluding carboxylic acids is 2. The third-order valence-electron chi connectivity index (χ3n) is 5.97. The highest BCUT2D eigenvalue weighted by atomic mass is 32.1. The van der Waals surface area contributed by atoms with Gasteiger partial charge in [0.25, 0.3) is 11.5 Å². The molecule has 0 radical (unpaired) electrons. The smallest absolute Gasteiger partial charge is 0.301 e. The van der Waals surface area contributed by atoms with Gasteiger partial charge in [-0.05, 0) is 66.6 Å². The van der Waals surface area contributed by atoms with E-state index in [1.807, 2.05) is 25.1 Å². The molecule has 5 rings (SSSR count). The molecule has 10 heteroatoms. The molecule has 1 aliphatic heterocycles. The summed E-state index contributed by atoms with van der Waals surface area (Å²) in [7, 11) is 1.51. The molecule has 0 spiro atoms. The number of carbonyl (C=O) groups is 2. The number of ether oxygens (including phenoxy) is 1. The summed E-state index contributed by atoms with van der Waals surface area (Å²) in [6.45, 7) is 1.94. The molecule has 1 atom stereocenters. The fourth-order valence-corrected chi connectivity index (χ4v) is 5.24. The number of nitro benzene ring substituents is 1. The van der Waals surface area contributed by atoms with Crippen LogP contribution in [0.2, 0.25) is 0 Å². The topological polar surface area (TPSA) is 123 Å². The van der Waals surface area contributed by atoms with Gasteiger partial charge in [-0.3, -0.25) is 24.6 Å². The summed E-state index contributed by atoms with van der Waals surface area (Å²) in [5.41, 5.74) is 2.16. The van der Waals surface area contributed by atoms with Crippen molar-refractivity contribution in [1.82, 2.24) is 4.98 Å². The average molecular weight is 502 g/mol. The maximum absolute atomic E-state index is 13.3. The number of hydrogen-bond acceptors (Lipinski definition) is 8. The number of ketones is 1. The highest BCUT2D eigenvalue weighted by Crippen LogP contribution is 2.44. The highest BCUT2D eigenvalue weighted by Gasteiger charge is 2.48. The molecule has 1 unspecified atom stereocenters. The van der Waals surface area contributed by atoms with Gasteiger partial charge in [-0.25, -0.2) is 4.98 Å². The molecule has 3 aromatic carbocycles. The molecule has 9 nitrogen and oxygen atoms in total. The number of thiazole rings is 1. The summed E-state index contributed by atoms with van der Waals surface area (Å²) < 4.78 is 5.99. The number of aliphatic hydroxyl groups is 1. The van der Waals surface area contributed by atoms with Crippen LogP contribution in [0.1, 0.15) is 22.7 Å². The number of fused-ring (bicyclic) bond motifs is 1. The summed E-state index contributed by atoms with van der Waals surface area (Å²) in [5.74, 6) is -1.52. The van der Waals surface area contributed by atoms with Crippen molar-refractivity contribution < 1.29 is 24.4 Å². The Bertz CT molecular complexity index is 1560. The first-order chi connectivity index (χ1) is 17.3. The lowest BCUT2D eigenvalue weighted by atomic mass is 9.95. The van der Waals surface area contributed by atoms with Crippen molar-refractivity contribution in [2.45, 2.75) is 13.0 Å². The number of non-ortho nitro benzene ring substituents is 1. The number of amides is 1. The van der Waals surface area contributed by atoms with Crippen LogP contribution in [0.3, 0.4) is 0 Å². The fraction of sp³-hybridized carbons (Fsp3) is 0.115. The van der Waals surface area contributed by atoms with Crippen LogP contribution in [-0.4, -0.2) is 33.8 Å². The van der Waals surface area contributed by atoms with Gasteiger partial charge in [0.2, 0.25) is 0 Å². The Kier molecular flexibility index (Phi) is 5.73. The molecule has 1 saturated heterocycles. The molecule has 0 aliphatic carbocycles. The third kappa shape index (κ3) is 3.87. The largest absolute Gasteiger partial charge is 0.507 e. The summed E-state index contributed by atoms with van der Waals surface area (Å²) >= 11 is 1.25. The number of aromatic nitrogens is 1. The van der Waals surface area contributed by atoms with Crippen LogP contribution in [-0.2, 0) is 9.59 Å². The summed E-state index contributed by atoms with van der Waals surface area (Å²) in [6, 6.07) is 16.6. The normalized spacial score (nSPS) is 17.1. The second-order valence-corrected chi connectivity index (χ2v) is 9.22. The molecule has 0 bridgehead atoms. The van der Waals surface area contributed by atoms with E-state index in [2.05, 4.69) is 4.98 Å². The number of aliphatic hydroxyl groups excluding tert-OH is 1.